The number of hydrogen-bond donors (Lipinski definition) is 1. The van der Waals surface area contributed by atoms with Crippen molar-refractivity contribution in [1.82, 2.24) is 15.1 Å². The van der Waals surface area contributed by atoms with Crippen molar-refractivity contribution < 1.29 is 14.3 Å². The zero-order valence-corrected chi connectivity index (χ0v) is 17.8. The van der Waals surface area contributed by atoms with Crippen molar-refractivity contribution >= 4 is 11.8 Å². The minimum atomic E-state index is -0.0318. The van der Waals surface area contributed by atoms with Gasteiger partial charge in [-0.2, -0.15) is 0 Å². The number of nitrogens with zero attached hydrogens (tertiary/aromatic N) is 2. The van der Waals surface area contributed by atoms with E-state index in [0.29, 0.717) is 23.1 Å². The third-order valence-corrected chi connectivity index (χ3v) is 6.39. The zero-order valence-electron chi connectivity index (χ0n) is 17.8. The van der Waals surface area contributed by atoms with Crippen LogP contribution in [-0.4, -0.2) is 60.4 Å². The van der Waals surface area contributed by atoms with Gasteiger partial charge in [-0.05, 0) is 93.2 Å². The van der Waals surface area contributed by atoms with Crippen molar-refractivity contribution in [2.45, 2.75) is 38.1 Å². The number of hydrogen-bond acceptors (Lipinski definition) is 4. The topological polar surface area (TPSA) is 61.9 Å². The normalized spacial score (nSPS) is 18.7. The first-order valence-corrected chi connectivity index (χ1v) is 11.4. The van der Waals surface area contributed by atoms with E-state index in [1.54, 1.807) is 12.1 Å². The standard InChI is InChI=1S/C25H29N3O3/c29-24(26-20-5-6-20)18-3-7-21(8-4-18)31-22-9-10-23-19(17-22)11-14-28(25(23)30)16-15-27-12-1-2-13-27/h3-4,7-10,17,20H,1-2,5-6,11-16H2,(H,26,29). The number of carbonyl (C=O) groups is 2. The monoisotopic (exact) mass is 419 g/mol. The van der Waals surface area contributed by atoms with E-state index in [4.69, 9.17) is 4.74 Å². The van der Waals surface area contributed by atoms with Crippen molar-refractivity contribution in [1.29, 1.82) is 0 Å². The summed E-state index contributed by atoms with van der Waals surface area (Å²) in [5.41, 5.74) is 2.47. The van der Waals surface area contributed by atoms with E-state index < -0.39 is 0 Å². The number of amides is 2. The van der Waals surface area contributed by atoms with Gasteiger partial charge in [0.25, 0.3) is 11.8 Å². The van der Waals surface area contributed by atoms with Gasteiger partial charge in [0, 0.05) is 36.8 Å². The number of ether oxygens (including phenoxy) is 1. The Bertz CT molecular complexity index is 962. The Morgan fingerprint density at radius 1 is 0.968 bits per heavy atom. The van der Waals surface area contributed by atoms with E-state index in [1.807, 2.05) is 35.2 Å². The minimum Gasteiger partial charge on any atom is -0.457 e. The molecule has 5 rings (SSSR count). The molecular formula is C25H29N3O3. The van der Waals surface area contributed by atoms with Gasteiger partial charge >= 0.3 is 0 Å². The van der Waals surface area contributed by atoms with E-state index in [9.17, 15) is 9.59 Å². The lowest BCUT2D eigenvalue weighted by molar-refractivity contribution is 0.0724. The van der Waals surface area contributed by atoms with Crippen LogP contribution in [0, 0.1) is 0 Å². The van der Waals surface area contributed by atoms with Crippen LogP contribution in [0.1, 0.15) is 52.0 Å². The lowest BCUT2D eigenvalue weighted by Gasteiger charge is -2.30. The molecule has 2 aromatic carbocycles. The Morgan fingerprint density at radius 3 is 2.45 bits per heavy atom. The maximum atomic E-state index is 12.9. The maximum Gasteiger partial charge on any atom is 0.254 e. The highest BCUT2D eigenvalue weighted by Gasteiger charge is 2.26. The third kappa shape index (κ3) is 4.74. The van der Waals surface area contributed by atoms with Crippen LogP contribution in [0.4, 0.5) is 0 Å². The molecule has 2 heterocycles. The summed E-state index contributed by atoms with van der Waals surface area (Å²) < 4.78 is 5.99. The van der Waals surface area contributed by atoms with Crippen molar-refractivity contribution in [3.63, 3.8) is 0 Å². The predicted octanol–water partition coefficient (Wildman–Crippen LogP) is 3.47. The van der Waals surface area contributed by atoms with Gasteiger partial charge in [-0.1, -0.05) is 0 Å². The summed E-state index contributed by atoms with van der Waals surface area (Å²) in [5.74, 6) is 1.48. The Kier molecular flexibility index (Phi) is 5.64. The van der Waals surface area contributed by atoms with Crippen LogP contribution in [0.5, 0.6) is 11.5 Å². The molecule has 2 aliphatic heterocycles. The third-order valence-electron chi connectivity index (χ3n) is 6.39. The molecule has 0 radical (unpaired) electrons. The highest BCUT2D eigenvalue weighted by atomic mass is 16.5. The highest BCUT2D eigenvalue weighted by molar-refractivity contribution is 5.97. The van der Waals surface area contributed by atoms with Gasteiger partial charge < -0.3 is 19.9 Å². The summed E-state index contributed by atoms with van der Waals surface area (Å²) in [6.45, 7) is 4.85. The Hall–Kier alpha value is -2.86. The second kappa shape index (κ2) is 8.71. The fraction of sp³-hybridized carbons (Fsp3) is 0.440. The van der Waals surface area contributed by atoms with Gasteiger partial charge in [0.2, 0.25) is 0 Å². The molecule has 0 aromatic heterocycles. The largest absolute Gasteiger partial charge is 0.457 e. The first-order valence-electron chi connectivity index (χ1n) is 11.4. The molecule has 2 aromatic rings. The molecule has 2 amide bonds. The molecule has 3 aliphatic rings. The van der Waals surface area contributed by atoms with E-state index >= 15 is 0 Å². The average molecular weight is 420 g/mol. The molecule has 0 bridgehead atoms. The van der Waals surface area contributed by atoms with Crippen LogP contribution < -0.4 is 10.1 Å². The second-order valence-electron chi connectivity index (χ2n) is 8.78. The van der Waals surface area contributed by atoms with Crippen molar-refractivity contribution in [2.24, 2.45) is 0 Å². The van der Waals surface area contributed by atoms with Gasteiger partial charge in [0.05, 0.1) is 0 Å². The van der Waals surface area contributed by atoms with Gasteiger partial charge in [-0.15, -0.1) is 0 Å². The van der Waals surface area contributed by atoms with Crippen molar-refractivity contribution in [2.75, 3.05) is 32.7 Å². The molecule has 0 atom stereocenters. The van der Waals surface area contributed by atoms with E-state index in [-0.39, 0.29) is 11.8 Å². The van der Waals surface area contributed by atoms with E-state index in [1.165, 1.54) is 12.8 Å². The van der Waals surface area contributed by atoms with Crippen LogP contribution in [0.3, 0.4) is 0 Å². The molecule has 0 unspecified atom stereocenters. The molecule has 1 aliphatic carbocycles. The first-order chi connectivity index (χ1) is 15.2. The molecule has 31 heavy (non-hydrogen) atoms. The number of rotatable bonds is 7. The molecule has 0 spiro atoms. The van der Waals surface area contributed by atoms with Gasteiger partial charge in [0.1, 0.15) is 11.5 Å². The fourth-order valence-electron chi connectivity index (χ4n) is 4.36. The second-order valence-corrected chi connectivity index (χ2v) is 8.78. The predicted molar refractivity (Wildman–Crippen MR) is 119 cm³/mol. The molecule has 1 saturated heterocycles. The van der Waals surface area contributed by atoms with Gasteiger partial charge in [0.15, 0.2) is 0 Å². The molecule has 1 N–H and O–H groups in total. The Labute approximate surface area is 183 Å². The lowest BCUT2D eigenvalue weighted by atomic mass is 9.98. The van der Waals surface area contributed by atoms with Gasteiger partial charge in [-0.25, -0.2) is 0 Å². The SMILES string of the molecule is O=C(NC1CC1)c1ccc(Oc2ccc3c(c2)CCN(CCN2CCCC2)C3=O)cc1. The number of likely N-dealkylation sites (tertiary alicyclic amines) is 1. The summed E-state index contributed by atoms with van der Waals surface area (Å²) in [7, 11) is 0. The Balaban J connectivity index is 1.20. The summed E-state index contributed by atoms with van der Waals surface area (Å²) in [6.07, 6.45) is 5.54. The van der Waals surface area contributed by atoms with Crippen LogP contribution >= 0.6 is 0 Å². The van der Waals surface area contributed by atoms with Crippen LogP contribution in [0.2, 0.25) is 0 Å². The number of nitrogens with one attached hydrogen (secondary N) is 1. The smallest absolute Gasteiger partial charge is 0.254 e. The lowest BCUT2D eigenvalue weighted by Crippen LogP contribution is -2.42. The average Bonchev–Trinajstić information content (AvgIpc) is 3.44. The highest BCUT2D eigenvalue weighted by Crippen LogP contribution is 2.28. The van der Waals surface area contributed by atoms with Gasteiger partial charge in [-0.3, -0.25) is 9.59 Å². The zero-order chi connectivity index (χ0) is 21.2. The maximum absolute atomic E-state index is 12.9. The summed E-state index contributed by atoms with van der Waals surface area (Å²) >= 11 is 0. The number of fused-ring (bicyclic) bond motifs is 1. The van der Waals surface area contributed by atoms with Crippen LogP contribution in [-0.2, 0) is 6.42 Å². The molecule has 2 fully saturated rings. The number of carbonyl (C=O) groups excluding carboxylic acids is 2. The van der Waals surface area contributed by atoms with Crippen LogP contribution in [0.15, 0.2) is 42.5 Å². The van der Waals surface area contributed by atoms with E-state index in [0.717, 1.165) is 63.1 Å². The molecule has 1 saturated carbocycles. The fourth-order valence-corrected chi connectivity index (χ4v) is 4.36. The van der Waals surface area contributed by atoms with Crippen molar-refractivity contribution in [3.8, 4) is 11.5 Å². The van der Waals surface area contributed by atoms with Crippen LogP contribution in [0.25, 0.3) is 0 Å². The molecule has 162 valence electrons. The summed E-state index contributed by atoms with van der Waals surface area (Å²) in [5, 5.41) is 2.99. The summed E-state index contributed by atoms with van der Waals surface area (Å²) in [4.78, 5) is 29.4. The summed E-state index contributed by atoms with van der Waals surface area (Å²) in [6, 6.07) is 13.2. The minimum absolute atomic E-state index is 0.0318. The quantitative estimate of drug-likeness (QED) is 0.747. The molecule has 6 nitrogen and oxygen atoms in total. The first kappa shape index (κ1) is 20.1. The van der Waals surface area contributed by atoms with E-state index in [2.05, 4.69) is 10.2 Å². The molecular weight excluding hydrogens is 390 g/mol. The molecule has 6 heteroatoms. The van der Waals surface area contributed by atoms with Crippen molar-refractivity contribution in [3.05, 3.63) is 59.2 Å². The number of benzene rings is 2. The Morgan fingerprint density at radius 2 is 1.71 bits per heavy atom.